The molecule has 0 atom stereocenters. The van der Waals surface area contributed by atoms with Gasteiger partial charge < -0.3 is 5.73 Å². The summed E-state index contributed by atoms with van der Waals surface area (Å²) >= 11 is 6.03. The van der Waals surface area contributed by atoms with Crippen LogP contribution in [0.3, 0.4) is 0 Å². The highest BCUT2D eigenvalue weighted by Crippen LogP contribution is 2.26. The zero-order chi connectivity index (χ0) is 10.8. The van der Waals surface area contributed by atoms with Crippen LogP contribution < -0.4 is 5.73 Å². The van der Waals surface area contributed by atoms with Gasteiger partial charge in [0.1, 0.15) is 11.6 Å². The van der Waals surface area contributed by atoms with Crippen molar-refractivity contribution in [2.24, 2.45) is 0 Å². The highest BCUT2D eigenvalue weighted by Gasteiger charge is 2.07. The second-order valence-corrected chi connectivity index (χ2v) is 3.82. The van der Waals surface area contributed by atoms with Crippen molar-refractivity contribution in [3.63, 3.8) is 0 Å². The molecule has 0 unspecified atom stereocenters. The van der Waals surface area contributed by atoms with E-state index >= 15 is 0 Å². The molecule has 0 saturated carbocycles. The van der Waals surface area contributed by atoms with Crippen LogP contribution in [0, 0.1) is 0 Å². The average molecular weight is 222 g/mol. The number of halogens is 1. The van der Waals surface area contributed by atoms with E-state index in [9.17, 15) is 0 Å². The molecule has 4 heteroatoms. The monoisotopic (exact) mass is 221 g/mol. The van der Waals surface area contributed by atoms with Gasteiger partial charge in [0.05, 0.1) is 15.9 Å². The number of aromatic nitrogens is 2. The Morgan fingerprint density at radius 3 is 2.87 bits per heavy atom. The van der Waals surface area contributed by atoms with Gasteiger partial charge in [-0.3, -0.25) is 0 Å². The van der Waals surface area contributed by atoms with Crippen LogP contribution in [0.1, 0.15) is 19.2 Å². The molecule has 0 radical (unpaired) electrons. The topological polar surface area (TPSA) is 51.8 Å². The van der Waals surface area contributed by atoms with Crippen molar-refractivity contribution >= 4 is 28.3 Å². The molecule has 2 rings (SSSR count). The van der Waals surface area contributed by atoms with Gasteiger partial charge in [-0.1, -0.05) is 24.6 Å². The zero-order valence-electron chi connectivity index (χ0n) is 8.50. The molecule has 0 aliphatic heterocycles. The number of nitrogens with two attached hydrogens (primary N) is 1. The van der Waals surface area contributed by atoms with Gasteiger partial charge in [0.2, 0.25) is 0 Å². The predicted molar refractivity (Wildman–Crippen MR) is 63.0 cm³/mol. The lowest BCUT2D eigenvalue weighted by Crippen LogP contribution is -2.01. The van der Waals surface area contributed by atoms with Crippen LogP contribution >= 0.6 is 11.6 Å². The summed E-state index contributed by atoms with van der Waals surface area (Å²) in [7, 11) is 0. The van der Waals surface area contributed by atoms with Crippen LogP contribution in [0.25, 0.3) is 10.9 Å². The fourth-order valence-electron chi connectivity index (χ4n) is 1.55. The van der Waals surface area contributed by atoms with E-state index in [2.05, 4.69) is 16.9 Å². The lowest BCUT2D eigenvalue weighted by atomic mass is 10.2. The number of nitrogen functional groups attached to an aromatic ring is 1. The summed E-state index contributed by atoms with van der Waals surface area (Å²) in [6, 6.07) is 5.56. The maximum atomic E-state index is 6.03. The smallest absolute Gasteiger partial charge is 0.136 e. The second-order valence-electron chi connectivity index (χ2n) is 3.41. The van der Waals surface area contributed by atoms with E-state index in [1.165, 1.54) is 0 Å². The molecule has 15 heavy (non-hydrogen) atoms. The third-order valence-electron chi connectivity index (χ3n) is 2.22. The Kier molecular flexibility index (Phi) is 2.73. The van der Waals surface area contributed by atoms with Crippen molar-refractivity contribution in [1.29, 1.82) is 0 Å². The van der Waals surface area contributed by atoms with E-state index < -0.39 is 0 Å². The summed E-state index contributed by atoms with van der Waals surface area (Å²) in [5, 5.41) is 1.35. The molecule has 0 spiro atoms. The van der Waals surface area contributed by atoms with Crippen LogP contribution in [0.2, 0.25) is 5.02 Å². The number of fused-ring (bicyclic) bond motifs is 1. The first-order valence-corrected chi connectivity index (χ1v) is 5.30. The number of aryl methyl sites for hydroxylation is 1. The number of anilines is 1. The van der Waals surface area contributed by atoms with Crippen LogP contribution in [-0.2, 0) is 6.42 Å². The summed E-state index contributed by atoms with van der Waals surface area (Å²) in [6.07, 6.45) is 1.85. The summed E-state index contributed by atoms with van der Waals surface area (Å²) in [6.45, 7) is 2.09. The van der Waals surface area contributed by atoms with E-state index in [-0.39, 0.29) is 0 Å². The van der Waals surface area contributed by atoms with Crippen molar-refractivity contribution < 1.29 is 0 Å². The van der Waals surface area contributed by atoms with Crippen molar-refractivity contribution in [3.05, 3.63) is 29.0 Å². The van der Waals surface area contributed by atoms with Gasteiger partial charge in [-0.25, -0.2) is 9.97 Å². The van der Waals surface area contributed by atoms with Crippen LogP contribution in [0.5, 0.6) is 0 Å². The normalized spacial score (nSPS) is 10.8. The van der Waals surface area contributed by atoms with Gasteiger partial charge in [-0.05, 0) is 18.6 Å². The standard InChI is InChI=1S/C11H12ClN3/c1-2-4-9-14-8-6-3-5-7(12)10(8)11(13)15-9/h3,5-6H,2,4H2,1H3,(H2,13,14,15). The molecule has 0 saturated heterocycles. The Hall–Kier alpha value is -1.35. The van der Waals surface area contributed by atoms with E-state index in [0.717, 1.165) is 29.6 Å². The Morgan fingerprint density at radius 1 is 1.33 bits per heavy atom. The first-order chi connectivity index (χ1) is 7.22. The number of hydrogen-bond acceptors (Lipinski definition) is 3. The lowest BCUT2D eigenvalue weighted by molar-refractivity contribution is 0.847. The summed E-state index contributed by atoms with van der Waals surface area (Å²) in [4.78, 5) is 8.65. The quantitative estimate of drug-likeness (QED) is 0.849. The zero-order valence-corrected chi connectivity index (χ0v) is 9.25. The third-order valence-corrected chi connectivity index (χ3v) is 2.54. The first kappa shape index (κ1) is 10.2. The van der Waals surface area contributed by atoms with Crippen molar-refractivity contribution in [2.45, 2.75) is 19.8 Å². The Balaban J connectivity index is 2.67. The molecular formula is C11H12ClN3. The minimum atomic E-state index is 0.467. The Labute approximate surface area is 93.3 Å². The Morgan fingerprint density at radius 2 is 2.13 bits per heavy atom. The minimum Gasteiger partial charge on any atom is -0.383 e. The molecule has 2 N–H and O–H groups in total. The van der Waals surface area contributed by atoms with Gasteiger partial charge >= 0.3 is 0 Å². The van der Waals surface area contributed by atoms with Crippen LogP contribution in [-0.4, -0.2) is 9.97 Å². The molecule has 1 aromatic heterocycles. The summed E-state index contributed by atoms with van der Waals surface area (Å²) in [5.74, 6) is 1.25. The fraction of sp³-hybridized carbons (Fsp3) is 0.273. The molecule has 0 aliphatic rings. The SMILES string of the molecule is CCCc1nc(N)c2c(Cl)cccc2n1. The van der Waals surface area contributed by atoms with Crippen LogP contribution in [0.4, 0.5) is 5.82 Å². The van der Waals surface area contributed by atoms with Crippen molar-refractivity contribution in [2.75, 3.05) is 5.73 Å². The molecule has 2 aromatic rings. The van der Waals surface area contributed by atoms with E-state index in [0.29, 0.717) is 10.8 Å². The number of hydrogen-bond donors (Lipinski definition) is 1. The molecule has 0 bridgehead atoms. The minimum absolute atomic E-state index is 0.467. The first-order valence-electron chi connectivity index (χ1n) is 4.93. The fourth-order valence-corrected chi connectivity index (χ4v) is 1.82. The van der Waals surface area contributed by atoms with Gasteiger partial charge in [-0.2, -0.15) is 0 Å². The molecule has 0 fully saturated rings. The number of rotatable bonds is 2. The summed E-state index contributed by atoms with van der Waals surface area (Å²) in [5.41, 5.74) is 6.67. The third kappa shape index (κ3) is 1.88. The van der Waals surface area contributed by atoms with Gasteiger partial charge in [-0.15, -0.1) is 0 Å². The maximum absolute atomic E-state index is 6.03. The van der Waals surface area contributed by atoms with Crippen LogP contribution in [0.15, 0.2) is 18.2 Å². The highest BCUT2D eigenvalue weighted by atomic mass is 35.5. The molecule has 78 valence electrons. The molecule has 3 nitrogen and oxygen atoms in total. The average Bonchev–Trinajstić information content (AvgIpc) is 2.17. The molecule has 0 aliphatic carbocycles. The molecular weight excluding hydrogens is 210 g/mol. The largest absolute Gasteiger partial charge is 0.383 e. The van der Waals surface area contributed by atoms with Gasteiger partial charge in [0.15, 0.2) is 0 Å². The van der Waals surface area contributed by atoms with E-state index in [1.54, 1.807) is 6.07 Å². The second kappa shape index (κ2) is 4.03. The molecule has 0 amide bonds. The molecule has 1 aromatic carbocycles. The molecule has 1 heterocycles. The van der Waals surface area contributed by atoms with Gasteiger partial charge in [0.25, 0.3) is 0 Å². The summed E-state index contributed by atoms with van der Waals surface area (Å²) < 4.78 is 0. The number of benzene rings is 1. The van der Waals surface area contributed by atoms with Gasteiger partial charge in [0, 0.05) is 6.42 Å². The predicted octanol–water partition coefficient (Wildman–Crippen LogP) is 2.82. The van der Waals surface area contributed by atoms with Crippen molar-refractivity contribution in [3.8, 4) is 0 Å². The highest BCUT2D eigenvalue weighted by molar-refractivity contribution is 6.36. The Bertz CT molecular complexity index is 496. The number of nitrogens with zero attached hydrogens (tertiary/aromatic N) is 2. The van der Waals surface area contributed by atoms with E-state index in [4.69, 9.17) is 17.3 Å². The lowest BCUT2D eigenvalue weighted by Gasteiger charge is -2.05. The van der Waals surface area contributed by atoms with E-state index in [1.807, 2.05) is 12.1 Å². The van der Waals surface area contributed by atoms with Crippen molar-refractivity contribution in [1.82, 2.24) is 9.97 Å². The maximum Gasteiger partial charge on any atom is 0.136 e.